The maximum atomic E-state index is 11.9. The molecule has 100 valence electrons. The molecule has 2 aromatic rings. The van der Waals surface area contributed by atoms with Gasteiger partial charge in [-0.15, -0.1) is 0 Å². The number of amides is 1. The Balaban J connectivity index is 2.06. The minimum absolute atomic E-state index is 0.231. The van der Waals surface area contributed by atoms with Crippen molar-refractivity contribution in [2.24, 2.45) is 7.05 Å². The molecule has 6 heteroatoms. The fraction of sp³-hybridized carbons (Fsp3) is 0.231. The lowest BCUT2D eigenvalue weighted by atomic mass is 10.1. The molecule has 0 aliphatic heterocycles. The molecule has 0 fully saturated rings. The molecule has 0 atom stereocenters. The maximum Gasteiger partial charge on any atom is 0.272 e. The van der Waals surface area contributed by atoms with Gasteiger partial charge in [-0.05, 0) is 24.3 Å². The molecule has 2 rings (SSSR count). The quantitative estimate of drug-likeness (QED) is 0.801. The molecule has 0 bridgehead atoms. The Bertz CT molecular complexity index is 592. The molecule has 0 radical (unpaired) electrons. The van der Waals surface area contributed by atoms with Gasteiger partial charge in [0, 0.05) is 31.0 Å². The highest BCUT2D eigenvalue weighted by Crippen LogP contribution is 2.20. The lowest BCUT2D eigenvalue weighted by Crippen LogP contribution is -2.23. The molecule has 6 nitrogen and oxygen atoms in total. The van der Waals surface area contributed by atoms with Gasteiger partial charge in [0.1, 0.15) is 11.4 Å². The van der Waals surface area contributed by atoms with Crippen molar-refractivity contribution in [3.63, 3.8) is 0 Å². The summed E-state index contributed by atoms with van der Waals surface area (Å²) in [5.41, 5.74) is 7.55. The van der Waals surface area contributed by atoms with E-state index >= 15 is 0 Å². The van der Waals surface area contributed by atoms with Crippen LogP contribution in [0.15, 0.2) is 30.5 Å². The predicted molar refractivity (Wildman–Crippen MR) is 71.8 cm³/mol. The molecule has 0 aliphatic rings. The van der Waals surface area contributed by atoms with Crippen LogP contribution < -0.4 is 15.8 Å². The fourth-order valence-corrected chi connectivity index (χ4v) is 1.74. The number of carbonyl (C=O) groups is 1. The van der Waals surface area contributed by atoms with Gasteiger partial charge in [0.25, 0.3) is 5.91 Å². The first kappa shape index (κ1) is 12.9. The van der Waals surface area contributed by atoms with Gasteiger partial charge in [-0.2, -0.15) is 5.10 Å². The second-order valence-electron chi connectivity index (χ2n) is 4.13. The number of nitrogens with one attached hydrogen (secondary N) is 1. The molecule has 0 saturated heterocycles. The van der Waals surface area contributed by atoms with Crippen LogP contribution in [0.25, 0.3) is 0 Å². The molecule has 1 aromatic heterocycles. The van der Waals surface area contributed by atoms with E-state index in [1.54, 1.807) is 49.3 Å². The number of anilines is 1. The van der Waals surface area contributed by atoms with E-state index < -0.39 is 0 Å². The molecular formula is C13H16N4O2. The highest BCUT2D eigenvalue weighted by Gasteiger charge is 2.10. The van der Waals surface area contributed by atoms with Crippen molar-refractivity contribution in [1.82, 2.24) is 15.1 Å². The summed E-state index contributed by atoms with van der Waals surface area (Å²) >= 11 is 0. The van der Waals surface area contributed by atoms with Gasteiger partial charge in [0.05, 0.1) is 7.11 Å². The van der Waals surface area contributed by atoms with Crippen molar-refractivity contribution in [2.75, 3.05) is 12.8 Å². The molecule has 1 heterocycles. The number of carbonyl (C=O) groups excluding carboxylic acids is 1. The number of hydrogen-bond acceptors (Lipinski definition) is 4. The third-order valence-corrected chi connectivity index (χ3v) is 2.69. The molecular weight excluding hydrogens is 244 g/mol. The fourth-order valence-electron chi connectivity index (χ4n) is 1.74. The number of nitrogens with two attached hydrogens (primary N) is 1. The Kier molecular flexibility index (Phi) is 3.70. The van der Waals surface area contributed by atoms with Crippen LogP contribution in [-0.4, -0.2) is 22.8 Å². The van der Waals surface area contributed by atoms with Gasteiger partial charge in [-0.25, -0.2) is 0 Å². The number of nitrogen functional groups attached to an aromatic ring is 1. The minimum Gasteiger partial charge on any atom is -0.496 e. The van der Waals surface area contributed by atoms with Crippen LogP contribution in [0.3, 0.4) is 0 Å². The first-order valence-corrected chi connectivity index (χ1v) is 5.80. The van der Waals surface area contributed by atoms with Crippen molar-refractivity contribution in [3.05, 3.63) is 41.7 Å². The summed E-state index contributed by atoms with van der Waals surface area (Å²) < 4.78 is 6.80. The number of benzene rings is 1. The average Bonchev–Trinajstić information content (AvgIpc) is 2.83. The van der Waals surface area contributed by atoms with Crippen molar-refractivity contribution in [1.29, 1.82) is 0 Å². The Morgan fingerprint density at radius 1 is 1.47 bits per heavy atom. The van der Waals surface area contributed by atoms with Crippen molar-refractivity contribution in [3.8, 4) is 5.75 Å². The molecule has 0 unspecified atom stereocenters. The van der Waals surface area contributed by atoms with Crippen molar-refractivity contribution < 1.29 is 9.53 Å². The Hall–Kier alpha value is -2.50. The standard InChI is InChI=1S/C13H16N4O2/c1-17-6-5-11(16-17)13(18)15-8-9-7-10(14)3-4-12(9)19-2/h3-7H,8,14H2,1-2H3,(H,15,18). The molecule has 19 heavy (non-hydrogen) atoms. The monoisotopic (exact) mass is 260 g/mol. The first-order valence-electron chi connectivity index (χ1n) is 5.80. The summed E-state index contributed by atoms with van der Waals surface area (Å²) in [7, 11) is 3.34. The van der Waals surface area contributed by atoms with Crippen LogP contribution in [0, 0.1) is 0 Å². The Labute approximate surface area is 111 Å². The summed E-state index contributed by atoms with van der Waals surface area (Å²) in [6.45, 7) is 0.337. The minimum atomic E-state index is -0.231. The summed E-state index contributed by atoms with van der Waals surface area (Å²) in [6, 6.07) is 6.96. The SMILES string of the molecule is COc1ccc(N)cc1CNC(=O)c1ccn(C)n1. The van der Waals surface area contributed by atoms with Gasteiger partial charge in [-0.1, -0.05) is 0 Å². The van der Waals surface area contributed by atoms with Crippen molar-refractivity contribution >= 4 is 11.6 Å². The second kappa shape index (κ2) is 5.43. The summed E-state index contributed by atoms with van der Waals surface area (Å²) in [4.78, 5) is 11.9. The van der Waals surface area contributed by atoms with E-state index in [0.717, 1.165) is 5.56 Å². The number of rotatable bonds is 4. The summed E-state index contributed by atoms with van der Waals surface area (Å²) in [5.74, 6) is 0.459. The zero-order chi connectivity index (χ0) is 13.8. The van der Waals surface area contributed by atoms with Gasteiger partial charge >= 0.3 is 0 Å². The van der Waals surface area contributed by atoms with Crippen LogP contribution in [0.5, 0.6) is 5.75 Å². The maximum absolute atomic E-state index is 11.9. The zero-order valence-corrected chi connectivity index (χ0v) is 10.9. The number of aromatic nitrogens is 2. The van der Waals surface area contributed by atoms with Crippen LogP contribution in [-0.2, 0) is 13.6 Å². The number of ether oxygens (including phenoxy) is 1. The summed E-state index contributed by atoms with van der Waals surface area (Å²) in [6.07, 6.45) is 1.72. The molecule has 0 saturated carbocycles. The van der Waals surface area contributed by atoms with Gasteiger partial charge < -0.3 is 15.8 Å². The average molecular weight is 260 g/mol. The number of nitrogens with zero attached hydrogens (tertiary/aromatic N) is 2. The van der Waals surface area contributed by atoms with E-state index in [1.165, 1.54) is 0 Å². The predicted octanol–water partition coefficient (Wildman–Crippen LogP) is 0.941. The van der Waals surface area contributed by atoms with E-state index in [4.69, 9.17) is 10.5 Å². The molecule has 1 aromatic carbocycles. The largest absolute Gasteiger partial charge is 0.496 e. The van der Waals surface area contributed by atoms with Crippen LogP contribution >= 0.6 is 0 Å². The molecule has 0 spiro atoms. The highest BCUT2D eigenvalue weighted by atomic mass is 16.5. The molecule has 1 amide bonds. The van der Waals surface area contributed by atoms with Gasteiger partial charge in [-0.3, -0.25) is 9.48 Å². The Morgan fingerprint density at radius 3 is 2.89 bits per heavy atom. The van der Waals surface area contributed by atoms with E-state index in [0.29, 0.717) is 23.7 Å². The highest BCUT2D eigenvalue weighted by molar-refractivity contribution is 5.92. The number of hydrogen-bond donors (Lipinski definition) is 2. The zero-order valence-electron chi connectivity index (χ0n) is 10.9. The van der Waals surface area contributed by atoms with E-state index in [-0.39, 0.29) is 5.91 Å². The second-order valence-corrected chi connectivity index (χ2v) is 4.13. The van der Waals surface area contributed by atoms with E-state index in [9.17, 15) is 4.79 Å². The molecule has 0 aliphatic carbocycles. The number of aryl methyl sites for hydroxylation is 1. The van der Waals surface area contributed by atoms with E-state index in [2.05, 4.69) is 10.4 Å². The van der Waals surface area contributed by atoms with Gasteiger partial charge in [0.15, 0.2) is 0 Å². The lowest BCUT2D eigenvalue weighted by Gasteiger charge is -2.10. The normalized spacial score (nSPS) is 10.2. The van der Waals surface area contributed by atoms with Crippen molar-refractivity contribution in [2.45, 2.75) is 6.54 Å². The topological polar surface area (TPSA) is 82.2 Å². The molecule has 3 N–H and O–H groups in total. The Morgan fingerprint density at radius 2 is 2.26 bits per heavy atom. The van der Waals surface area contributed by atoms with E-state index in [1.807, 2.05) is 0 Å². The third-order valence-electron chi connectivity index (χ3n) is 2.69. The van der Waals surface area contributed by atoms with Gasteiger partial charge in [0.2, 0.25) is 0 Å². The third kappa shape index (κ3) is 3.04. The smallest absolute Gasteiger partial charge is 0.272 e. The van der Waals surface area contributed by atoms with Crippen LogP contribution in [0.4, 0.5) is 5.69 Å². The first-order chi connectivity index (χ1) is 9.10. The summed E-state index contributed by atoms with van der Waals surface area (Å²) in [5, 5.41) is 6.81. The lowest BCUT2D eigenvalue weighted by molar-refractivity contribution is 0.0945. The van der Waals surface area contributed by atoms with Crippen LogP contribution in [0.1, 0.15) is 16.1 Å². The number of methoxy groups -OCH3 is 1. The van der Waals surface area contributed by atoms with Crippen LogP contribution in [0.2, 0.25) is 0 Å².